The van der Waals surface area contributed by atoms with Gasteiger partial charge in [-0.25, -0.2) is 8.78 Å². The lowest BCUT2D eigenvalue weighted by molar-refractivity contribution is 0.0755. The fraction of sp³-hybridized carbons (Fsp3) is 0.576. The Morgan fingerprint density at radius 3 is 2.10 bits per heavy atom. The maximum Gasteiger partial charge on any atom is 0.253 e. The quantitative estimate of drug-likeness (QED) is 0.203. The molecular formula is C33H49F2N3O3. The minimum absolute atomic E-state index is 0.0364. The summed E-state index contributed by atoms with van der Waals surface area (Å²) in [7, 11) is 0. The number of carbonyl (C=O) groups excluding carboxylic acids is 2. The predicted molar refractivity (Wildman–Crippen MR) is 161 cm³/mol. The van der Waals surface area contributed by atoms with Crippen LogP contribution in [0.1, 0.15) is 98.1 Å². The number of halogens is 2. The van der Waals surface area contributed by atoms with E-state index in [1.54, 1.807) is 23.1 Å². The Bertz CT molecular complexity index is 1080. The number of carbonyl (C=O) groups is 2. The highest BCUT2D eigenvalue weighted by Crippen LogP contribution is 2.16. The molecule has 0 aliphatic rings. The van der Waals surface area contributed by atoms with Crippen LogP contribution in [-0.4, -0.2) is 60.1 Å². The fourth-order valence-electron chi connectivity index (χ4n) is 5.11. The molecule has 0 saturated carbocycles. The molecule has 3 atom stereocenters. The average Bonchev–Trinajstić information content (AvgIpc) is 2.93. The Morgan fingerprint density at radius 2 is 1.51 bits per heavy atom. The highest BCUT2D eigenvalue weighted by atomic mass is 19.1. The maximum absolute atomic E-state index is 13.9. The van der Waals surface area contributed by atoms with E-state index in [0.717, 1.165) is 56.7 Å². The van der Waals surface area contributed by atoms with Gasteiger partial charge in [0.2, 0.25) is 0 Å². The number of benzene rings is 2. The summed E-state index contributed by atoms with van der Waals surface area (Å²) in [5.41, 5.74) is 1.82. The number of hydrogen-bond donors (Lipinski definition) is 3. The van der Waals surface area contributed by atoms with Crippen LogP contribution in [0.4, 0.5) is 8.78 Å². The second-order valence-corrected chi connectivity index (χ2v) is 11.1. The number of aliphatic hydroxyl groups excluding tert-OH is 1. The molecule has 2 aromatic rings. The second-order valence-electron chi connectivity index (χ2n) is 11.1. The number of aryl methyl sites for hydroxylation is 1. The summed E-state index contributed by atoms with van der Waals surface area (Å²) in [4.78, 5) is 28.5. The van der Waals surface area contributed by atoms with Crippen molar-refractivity contribution < 1.29 is 23.5 Å². The van der Waals surface area contributed by atoms with Gasteiger partial charge in [-0.05, 0) is 86.5 Å². The van der Waals surface area contributed by atoms with Gasteiger partial charge in [0.15, 0.2) is 0 Å². The van der Waals surface area contributed by atoms with E-state index in [2.05, 4.69) is 24.5 Å². The van der Waals surface area contributed by atoms with E-state index in [9.17, 15) is 23.5 Å². The van der Waals surface area contributed by atoms with Gasteiger partial charge >= 0.3 is 0 Å². The first kappa shape index (κ1) is 34.4. The first-order valence-electron chi connectivity index (χ1n) is 15.2. The van der Waals surface area contributed by atoms with Gasteiger partial charge in [0.25, 0.3) is 11.8 Å². The Morgan fingerprint density at radius 1 is 0.878 bits per heavy atom. The number of nitrogens with zero attached hydrogens (tertiary/aromatic N) is 1. The van der Waals surface area contributed by atoms with E-state index in [0.29, 0.717) is 35.7 Å². The number of nitrogens with one attached hydrogen (secondary N) is 2. The van der Waals surface area contributed by atoms with Crippen LogP contribution in [0.15, 0.2) is 36.4 Å². The zero-order valence-corrected chi connectivity index (χ0v) is 25.4. The minimum Gasteiger partial charge on any atom is -0.390 e. The molecule has 3 N–H and O–H groups in total. The van der Waals surface area contributed by atoms with E-state index < -0.39 is 29.7 Å². The lowest BCUT2D eigenvalue weighted by atomic mass is 9.98. The van der Waals surface area contributed by atoms with E-state index in [1.165, 1.54) is 12.1 Å². The molecule has 228 valence electrons. The van der Waals surface area contributed by atoms with Gasteiger partial charge in [0.1, 0.15) is 11.6 Å². The van der Waals surface area contributed by atoms with Crippen molar-refractivity contribution in [2.24, 2.45) is 5.92 Å². The number of aliphatic hydroxyl groups is 1. The van der Waals surface area contributed by atoms with Crippen LogP contribution in [0.3, 0.4) is 0 Å². The lowest BCUT2D eigenvalue weighted by Crippen LogP contribution is -2.49. The topological polar surface area (TPSA) is 81.7 Å². The van der Waals surface area contributed by atoms with E-state index in [-0.39, 0.29) is 18.9 Å². The van der Waals surface area contributed by atoms with Crippen LogP contribution in [0.5, 0.6) is 0 Å². The van der Waals surface area contributed by atoms with Crippen LogP contribution >= 0.6 is 0 Å². The molecule has 2 rings (SSSR count). The summed E-state index contributed by atoms with van der Waals surface area (Å²) < 4.78 is 27.9. The van der Waals surface area contributed by atoms with Crippen molar-refractivity contribution >= 4 is 11.8 Å². The summed E-state index contributed by atoms with van der Waals surface area (Å²) >= 11 is 0. The van der Waals surface area contributed by atoms with Crippen LogP contribution in [-0.2, 0) is 6.42 Å². The lowest BCUT2D eigenvalue weighted by Gasteiger charge is -2.26. The largest absolute Gasteiger partial charge is 0.390 e. The fourth-order valence-corrected chi connectivity index (χ4v) is 5.11. The highest BCUT2D eigenvalue weighted by molar-refractivity contribution is 6.00. The third-order valence-corrected chi connectivity index (χ3v) is 7.35. The molecule has 0 radical (unpaired) electrons. The first-order chi connectivity index (χ1) is 19.6. The Hall–Kier alpha value is -2.84. The van der Waals surface area contributed by atoms with Crippen molar-refractivity contribution in [3.8, 4) is 0 Å². The molecule has 2 amide bonds. The van der Waals surface area contributed by atoms with Crippen molar-refractivity contribution in [2.45, 2.75) is 91.7 Å². The molecule has 41 heavy (non-hydrogen) atoms. The van der Waals surface area contributed by atoms with Crippen molar-refractivity contribution in [1.82, 2.24) is 15.5 Å². The summed E-state index contributed by atoms with van der Waals surface area (Å²) in [6.07, 6.45) is 5.07. The third-order valence-electron chi connectivity index (χ3n) is 7.35. The normalized spacial score (nSPS) is 13.5. The smallest absolute Gasteiger partial charge is 0.253 e. The molecule has 1 unspecified atom stereocenters. The molecule has 0 bridgehead atoms. The van der Waals surface area contributed by atoms with Gasteiger partial charge in [0.05, 0.1) is 12.1 Å². The SMILES string of the molecule is CCCCC(CC)CNC[C@@H](O)[C@H](Cc1cc(F)cc(F)c1)NC(=O)c1cc(C)cc(C(=O)N(CCC)CCC)c1. The molecule has 0 spiro atoms. The van der Waals surface area contributed by atoms with Crippen molar-refractivity contribution in [3.63, 3.8) is 0 Å². The second kappa shape index (κ2) is 17.9. The molecule has 2 aromatic carbocycles. The van der Waals surface area contributed by atoms with Crippen molar-refractivity contribution in [3.05, 3.63) is 70.3 Å². The maximum atomic E-state index is 13.9. The zero-order chi connectivity index (χ0) is 30.4. The predicted octanol–water partition coefficient (Wildman–Crippen LogP) is 6.04. The number of unbranched alkanes of at least 4 members (excludes halogenated alkanes) is 1. The van der Waals surface area contributed by atoms with Crippen LogP contribution < -0.4 is 10.6 Å². The van der Waals surface area contributed by atoms with Crippen LogP contribution in [0.25, 0.3) is 0 Å². The Kier molecular flexibility index (Phi) is 15.0. The Labute approximate surface area is 244 Å². The van der Waals surface area contributed by atoms with Crippen molar-refractivity contribution in [1.29, 1.82) is 0 Å². The average molecular weight is 574 g/mol. The Balaban J connectivity index is 2.25. The van der Waals surface area contributed by atoms with Gasteiger partial charge < -0.3 is 20.6 Å². The molecule has 0 heterocycles. The standard InChI is InChI=1S/C33H49F2N3O3/c1-6-10-11-24(9-4)21-36-22-31(39)30(18-25-16-28(34)20-29(35)17-25)37-32(40)26-14-23(5)15-27(19-26)33(41)38(12-7-2)13-8-3/h14-17,19-20,24,30-31,36,39H,6-13,18,21-22H2,1-5H3,(H,37,40)/t24?,30-,31+/m0/s1. The van der Waals surface area contributed by atoms with Gasteiger partial charge in [0, 0.05) is 36.8 Å². The molecule has 0 fully saturated rings. The molecule has 0 saturated heterocycles. The van der Waals surface area contributed by atoms with Gasteiger partial charge in [-0.15, -0.1) is 0 Å². The van der Waals surface area contributed by atoms with Crippen LogP contribution in [0, 0.1) is 24.5 Å². The molecule has 8 heteroatoms. The van der Waals surface area contributed by atoms with Crippen molar-refractivity contribution in [2.75, 3.05) is 26.2 Å². The van der Waals surface area contributed by atoms with E-state index in [4.69, 9.17) is 0 Å². The zero-order valence-electron chi connectivity index (χ0n) is 25.4. The van der Waals surface area contributed by atoms with Gasteiger partial charge in [-0.1, -0.05) is 47.0 Å². The molecule has 0 aliphatic heterocycles. The summed E-state index contributed by atoms with van der Waals surface area (Å²) in [6.45, 7) is 12.4. The summed E-state index contributed by atoms with van der Waals surface area (Å²) in [5.74, 6) is -1.54. The monoisotopic (exact) mass is 573 g/mol. The molecule has 6 nitrogen and oxygen atoms in total. The highest BCUT2D eigenvalue weighted by Gasteiger charge is 2.24. The third kappa shape index (κ3) is 11.5. The van der Waals surface area contributed by atoms with E-state index in [1.807, 2.05) is 20.8 Å². The van der Waals surface area contributed by atoms with Gasteiger partial charge in [-0.3, -0.25) is 9.59 Å². The summed E-state index contributed by atoms with van der Waals surface area (Å²) in [5, 5.41) is 17.3. The minimum atomic E-state index is -1.01. The summed E-state index contributed by atoms with van der Waals surface area (Å²) in [6, 6.07) is 7.43. The van der Waals surface area contributed by atoms with Gasteiger partial charge in [-0.2, -0.15) is 0 Å². The molecule has 0 aromatic heterocycles. The molecular weight excluding hydrogens is 524 g/mol. The number of rotatable bonds is 18. The number of amides is 2. The van der Waals surface area contributed by atoms with Crippen LogP contribution in [0.2, 0.25) is 0 Å². The van der Waals surface area contributed by atoms with E-state index >= 15 is 0 Å². The number of hydrogen-bond acceptors (Lipinski definition) is 4. The molecule has 0 aliphatic carbocycles. The first-order valence-corrected chi connectivity index (χ1v) is 15.2.